The van der Waals surface area contributed by atoms with Crippen molar-refractivity contribution in [2.45, 2.75) is 25.8 Å². The molecule has 0 aliphatic rings. The fourth-order valence-corrected chi connectivity index (χ4v) is 3.30. The molecule has 34 heavy (non-hydrogen) atoms. The number of nitrogens with zero attached hydrogens (tertiary/aromatic N) is 1. The minimum Gasteiger partial charge on any atom is -0.491 e. The van der Waals surface area contributed by atoms with Gasteiger partial charge in [-0.2, -0.15) is 0 Å². The van der Waals surface area contributed by atoms with Crippen LogP contribution in [-0.2, 0) is 16.1 Å². The van der Waals surface area contributed by atoms with Crippen molar-refractivity contribution >= 4 is 11.7 Å². The molecule has 1 heterocycles. The number of aromatic nitrogens is 1. The molecule has 178 valence electrons. The average molecular weight is 462 g/mol. The lowest BCUT2D eigenvalue weighted by Gasteiger charge is -2.14. The second kappa shape index (κ2) is 13.1. The van der Waals surface area contributed by atoms with Gasteiger partial charge in [-0.3, -0.25) is 20.1 Å². The summed E-state index contributed by atoms with van der Waals surface area (Å²) in [5.74, 6) is -0.145. The molecule has 7 nitrogen and oxygen atoms in total. The van der Waals surface area contributed by atoms with Gasteiger partial charge in [-0.25, -0.2) is 0 Å². The molecule has 7 heteroatoms. The van der Waals surface area contributed by atoms with Crippen molar-refractivity contribution in [3.8, 4) is 17.0 Å². The predicted molar refractivity (Wildman–Crippen MR) is 133 cm³/mol. The highest BCUT2D eigenvalue weighted by Crippen LogP contribution is 2.19. The Labute approximate surface area is 200 Å². The third kappa shape index (κ3) is 7.72. The van der Waals surface area contributed by atoms with Crippen LogP contribution in [0.15, 0.2) is 79.5 Å². The van der Waals surface area contributed by atoms with Crippen LogP contribution in [0.3, 0.4) is 0 Å². The zero-order valence-corrected chi connectivity index (χ0v) is 19.4. The lowest BCUT2D eigenvalue weighted by molar-refractivity contribution is -0.139. The molecule has 3 rings (SSSR count). The summed E-state index contributed by atoms with van der Waals surface area (Å²) in [5, 5.41) is 12.4. The zero-order chi connectivity index (χ0) is 24.2. The van der Waals surface area contributed by atoms with E-state index in [0.29, 0.717) is 37.6 Å². The molecule has 3 aromatic rings. The molecule has 0 saturated heterocycles. The van der Waals surface area contributed by atoms with Crippen LogP contribution < -0.4 is 15.5 Å². The van der Waals surface area contributed by atoms with Gasteiger partial charge in [0.15, 0.2) is 0 Å². The van der Waals surface area contributed by atoms with Crippen LogP contribution in [-0.4, -0.2) is 41.9 Å². The van der Waals surface area contributed by atoms with E-state index in [2.05, 4.69) is 22.4 Å². The average Bonchev–Trinajstić information content (AvgIpc) is 2.87. The summed E-state index contributed by atoms with van der Waals surface area (Å²) in [6.45, 7) is 7.38. The van der Waals surface area contributed by atoms with Crippen LogP contribution in [0, 0.1) is 0 Å². The van der Waals surface area contributed by atoms with E-state index in [1.54, 1.807) is 6.20 Å². The van der Waals surface area contributed by atoms with E-state index in [0.717, 1.165) is 28.8 Å². The van der Waals surface area contributed by atoms with E-state index in [4.69, 9.17) is 9.57 Å². The highest BCUT2D eigenvalue weighted by atomic mass is 16.7. The maximum atomic E-state index is 11.4. The number of carbonyl (C=O) groups is 1. The van der Waals surface area contributed by atoms with E-state index in [1.165, 1.54) is 0 Å². The third-order valence-corrected chi connectivity index (χ3v) is 5.15. The quantitative estimate of drug-likeness (QED) is 0.243. The smallest absolute Gasteiger partial charge is 0.321 e. The molecule has 0 spiro atoms. The Kier molecular flexibility index (Phi) is 9.64. The van der Waals surface area contributed by atoms with Crippen molar-refractivity contribution in [2.24, 2.45) is 0 Å². The molecule has 0 radical (unpaired) electrons. The molecule has 0 aliphatic heterocycles. The van der Waals surface area contributed by atoms with Crippen molar-refractivity contribution in [2.75, 3.05) is 19.8 Å². The van der Waals surface area contributed by atoms with Gasteiger partial charge in [0, 0.05) is 11.8 Å². The summed E-state index contributed by atoms with van der Waals surface area (Å²) in [4.78, 5) is 21.2. The highest BCUT2D eigenvalue weighted by Gasteiger charge is 2.16. The number of hydrogen-bond acceptors (Lipinski definition) is 6. The largest absolute Gasteiger partial charge is 0.491 e. The standard InChI is InChI=1S/C27H31N3O4/c1-3-15-28-26(27(31)32)19-21-7-13-24(14-8-21)33-17-18-34-30-20(2)22-9-11-23(12-10-22)25-6-4-5-16-29-25/h4-14,16,26,28,30H,2-3,15,17-19H2,1H3,(H,31,32). The molecule has 0 aliphatic carbocycles. The lowest BCUT2D eigenvalue weighted by atomic mass is 10.1. The maximum absolute atomic E-state index is 11.4. The van der Waals surface area contributed by atoms with Gasteiger partial charge in [0.1, 0.15) is 25.0 Å². The van der Waals surface area contributed by atoms with Crippen LogP contribution in [0.1, 0.15) is 24.5 Å². The van der Waals surface area contributed by atoms with E-state index in [-0.39, 0.29) is 0 Å². The summed E-state index contributed by atoms with van der Waals surface area (Å²) >= 11 is 0. The third-order valence-electron chi connectivity index (χ3n) is 5.15. The number of carboxylic acids is 1. The number of hydroxylamine groups is 1. The molecule has 0 bridgehead atoms. The highest BCUT2D eigenvalue weighted by molar-refractivity contribution is 5.74. The number of nitrogens with one attached hydrogen (secondary N) is 2. The Morgan fingerprint density at radius 3 is 2.47 bits per heavy atom. The van der Waals surface area contributed by atoms with Crippen LogP contribution in [0.4, 0.5) is 0 Å². The first-order valence-corrected chi connectivity index (χ1v) is 11.3. The Bertz CT molecular complexity index is 1040. The zero-order valence-electron chi connectivity index (χ0n) is 19.4. The number of aliphatic carboxylic acids is 1. The van der Waals surface area contributed by atoms with Crippen molar-refractivity contribution in [1.29, 1.82) is 0 Å². The van der Waals surface area contributed by atoms with Gasteiger partial charge in [0.05, 0.1) is 11.4 Å². The lowest BCUT2D eigenvalue weighted by Crippen LogP contribution is -2.38. The summed E-state index contributed by atoms with van der Waals surface area (Å²) in [6.07, 6.45) is 3.08. The second-order valence-electron chi connectivity index (χ2n) is 7.76. The van der Waals surface area contributed by atoms with Crippen molar-refractivity contribution < 1.29 is 19.5 Å². The molecule has 0 saturated carbocycles. The topological polar surface area (TPSA) is 92.7 Å². The van der Waals surface area contributed by atoms with E-state index in [1.807, 2.05) is 73.7 Å². The molecular weight excluding hydrogens is 430 g/mol. The van der Waals surface area contributed by atoms with E-state index < -0.39 is 12.0 Å². The van der Waals surface area contributed by atoms with E-state index in [9.17, 15) is 9.90 Å². The Balaban J connectivity index is 1.37. The van der Waals surface area contributed by atoms with Crippen LogP contribution >= 0.6 is 0 Å². The predicted octanol–water partition coefficient (Wildman–Crippen LogP) is 4.31. The first-order chi connectivity index (χ1) is 16.6. The molecule has 0 amide bonds. The van der Waals surface area contributed by atoms with Gasteiger partial charge in [-0.1, -0.05) is 56.0 Å². The first kappa shape index (κ1) is 25.0. The number of benzene rings is 2. The number of rotatable bonds is 14. The fraction of sp³-hybridized carbons (Fsp3) is 0.259. The summed E-state index contributed by atoms with van der Waals surface area (Å²) in [5.41, 5.74) is 7.32. The number of ether oxygens (including phenoxy) is 1. The van der Waals surface area contributed by atoms with Crippen LogP contribution in [0.5, 0.6) is 5.75 Å². The maximum Gasteiger partial charge on any atom is 0.321 e. The van der Waals surface area contributed by atoms with E-state index >= 15 is 0 Å². The Hall–Kier alpha value is -3.68. The Morgan fingerprint density at radius 1 is 1.06 bits per heavy atom. The number of hydrogen-bond donors (Lipinski definition) is 3. The van der Waals surface area contributed by atoms with Gasteiger partial charge in [-0.05, 0) is 54.8 Å². The molecule has 3 N–H and O–H groups in total. The molecule has 1 aromatic heterocycles. The van der Waals surface area contributed by atoms with Gasteiger partial charge >= 0.3 is 5.97 Å². The monoisotopic (exact) mass is 461 g/mol. The van der Waals surface area contributed by atoms with Gasteiger partial charge in [0.2, 0.25) is 0 Å². The summed E-state index contributed by atoms with van der Waals surface area (Å²) < 4.78 is 5.70. The molecule has 1 atom stereocenters. The Morgan fingerprint density at radius 2 is 1.82 bits per heavy atom. The normalized spacial score (nSPS) is 11.6. The van der Waals surface area contributed by atoms with Crippen LogP contribution in [0.2, 0.25) is 0 Å². The molecular formula is C27H31N3O4. The molecule has 1 unspecified atom stereocenters. The number of pyridine rings is 1. The van der Waals surface area contributed by atoms with Gasteiger partial charge < -0.3 is 15.2 Å². The second-order valence-corrected chi connectivity index (χ2v) is 7.76. The number of carboxylic acid groups (broad SMARTS) is 1. The minimum absolute atomic E-state index is 0.328. The molecule has 0 fully saturated rings. The van der Waals surface area contributed by atoms with Gasteiger partial charge in [-0.15, -0.1) is 0 Å². The summed E-state index contributed by atoms with van der Waals surface area (Å²) in [7, 11) is 0. The van der Waals surface area contributed by atoms with Crippen molar-refractivity contribution in [1.82, 2.24) is 15.8 Å². The van der Waals surface area contributed by atoms with Crippen molar-refractivity contribution in [3.05, 3.63) is 90.6 Å². The van der Waals surface area contributed by atoms with Crippen molar-refractivity contribution in [3.63, 3.8) is 0 Å². The van der Waals surface area contributed by atoms with Crippen LogP contribution in [0.25, 0.3) is 17.0 Å². The summed E-state index contributed by atoms with van der Waals surface area (Å²) in [6, 6.07) is 20.6. The van der Waals surface area contributed by atoms with Gasteiger partial charge in [0.25, 0.3) is 0 Å². The first-order valence-electron chi connectivity index (χ1n) is 11.3. The fourth-order valence-electron chi connectivity index (χ4n) is 3.30. The molecule has 2 aromatic carbocycles. The minimum atomic E-state index is -0.843. The SMILES string of the molecule is C=C(NOCCOc1ccc(CC(NCCC)C(=O)O)cc1)c1ccc(-c2ccccn2)cc1.